The molecular formula is C11H14ClNO4S. The third kappa shape index (κ3) is 2.61. The number of halogens is 1. The first-order chi connectivity index (χ1) is 8.55. The van der Waals surface area contributed by atoms with E-state index < -0.39 is 10.0 Å². The minimum atomic E-state index is -3.55. The van der Waals surface area contributed by atoms with Crippen molar-refractivity contribution >= 4 is 21.6 Å². The van der Waals surface area contributed by atoms with E-state index in [1.165, 1.54) is 23.5 Å². The highest BCUT2D eigenvalue weighted by molar-refractivity contribution is 7.89. The van der Waals surface area contributed by atoms with Crippen LogP contribution >= 0.6 is 11.6 Å². The summed E-state index contributed by atoms with van der Waals surface area (Å²) in [6, 6.07) is 4.54. The molecule has 0 bridgehead atoms. The molecule has 7 heteroatoms. The van der Waals surface area contributed by atoms with Crippen molar-refractivity contribution in [2.24, 2.45) is 0 Å². The van der Waals surface area contributed by atoms with Gasteiger partial charge in [0.15, 0.2) is 0 Å². The zero-order valence-electron chi connectivity index (χ0n) is 9.93. The molecule has 1 aromatic rings. The molecule has 1 heterocycles. The molecule has 0 radical (unpaired) electrons. The van der Waals surface area contributed by atoms with E-state index >= 15 is 0 Å². The van der Waals surface area contributed by atoms with Crippen molar-refractivity contribution in [2.75, 3.05) is 33.4 Å². The smallest absolute Gasteiger partial charge is 0.244 e. The van der Waals surface area contributed by atoms with E-state index in [2.05, 4.69) is 0 Å². The van der Waals surface area contributed by atoms with Crippen LogP contribution in [0.5, 0.6) is 5.75 Å². The van der Waals surface area contributed by atoms with Crippen molar-refractivity contribution in [3.8, 4) is 5.75 Å². The minimum Gasteiger partial charge on any atom is -0.497 e. The summed E-state index contributed by atoms with van der Waals surface area (Å²) < 4.78 is 36.2. The lowest BCUT2D eigenvalue weighted by Crippen LogP contribution is -2.40. The Labute approximate surface area is 111 Å². The fraction of sp³-hybridized carbons (Fsp3) is 0.455. The summed E-state index contributed by atoms with van der Waals surface area (Å²) in [4.78, 5) is 0.104. The third-order valence-electron chi connectivity index (χ3n) is 2.73. The molecule has 1 aliphatic heterocycles. The summed E-state index contributed by atoms with van der Waals surface area (Å²) in [7, 11) is -2.05. The number of sulfonamides is 1. The largest absolute Gasteiger partial charge is 0.497 e. The minimum absolute atomic E-state index is 0.104. The fourth-order valence-electron chi connectivity index (χ4n) is 1.74. The highest BCUT2D eigenvalue weighted by Crippen LogP contribution is 2.28. The zero-order chi connectivity index (χ0) is 13.2. The molecule has 5 nitrogen and oxygen atoms in total. The van der Waals surface area contributed by atoms with E-state index in [4.69, 9.17) is 21.1 Å². The molecule has 1 aromatic carbocycles. The Morgan fingerprint density at radius 3 is 2.56 bits per heavy atom. The lowest BCUT2D eigenvalue weighted by atomic mass is 10.3. The molecular weight excluding hydrogens is 278 g/mol. The van der Waals surface area contributed by atoms with Crippen LogP contribution in [0.15, 0.2) is 23.1 Å². The molecule has 0 spiro atoms. The van der Waals surface area contributed by atoms with E-state index in [-0.39, 0.29) is 9.92 Å². The second kappa shape index (κ2) is 5.44. The van der Waals surface area contributed by atoms with Crippen molar-refractivity contribution < 1.29 is 17.9 Å². The van der Waals surface area contributed by atoms with Crippen LogP contribution in [0.3, 0.4) is 0 Å². The molecule has 0 N–H and O–H groups in total. The molecule has 1 fully saturated rings. The van der Waals surface area contributed by atoms with E-state index in [0.29, 0.717) is 32.1 Å². The Hall–Kier alpha value is -0.820. The Balaban J connectivity index is 2.34. The van der Waals surface area contributed by atoms with Crippen LogP contribution < -0.4 is 4.74 Å². The van der Waals surface area contributed by atoms with Gasteiger partial charge in [0.1, 0.15) is 10.6 Å². The number of ether oxygens (including phenoxy) is 2. The van der Waals surface area contributed by atoms with Gasteiger partial charge in [-0.25, -0.2) is 8.42 Å². The van der Waals surface area contributed by atoms with Crippen LogP contribution in [-0.2, 0) is 14.8 Å². The number of methoxy groups -OCH3 is 1. The molecule has 0 aliphatic carbocycles. The SMILES string of the molecule is COc1ccc(S(=O)(=O)N2CCOCC2)c(Cl)c1. The Morgan fingerprint density at radius 2 is 2.00 bits per heavy atom. The van der Waals surface area contributed by atoms with Gasteiger partial charge in [-0.1, -0.05) is 11.6 Å². The van der Waals surface area contributed by atoms with E-state index in [0.717, 1.165) is 0 Å². The van der Waals surface area contributed by atoms with Crippen molar-refractivity contribution in [3.63, 3.8) is 0 Å². The first-order valence-corrected chi connectivity index (χ1v) is 7.29. The van der Waals surface area contributed by atoms with Gasteiger partial charge < -0.3 is 9.47 Å². The van der Waals surface area contributed by atoms with Gasteiger partial charge >= 0.3 is 0 Å². The maximum absolute atomic E-state index is 12.4. The number of rotatable bonds is 3. The van der Waals surface area contributed by atoms with Crippen LogP contribution in [0.25, 0.3) is 0 Å². The lowest BCUT2D eigenvalue weighted by Gasteiger charge is -2.26. The van der Waals surface area contributed by atoms with Gasteiger partial charge in [0, 0.05) is 19.2 Å². The number of nitrogens with zero attached hydrogens (tertiary/aromatic N) is 1. The standard InChI is InChI=1S/C11H14ClNO4S/c1-16-9-2-3-11(10(12)8-9)18(14,15)13-4-6-17-7-5-13/h2-3,8H,4-7H2,1H3. The van der Waals surface area contributed by atoms with Crippen LogP contribution in [-0.4, -0.2) is 46.1 Å². The van der Waals surface area contributed by atoms with Crippen LogP contribution in [0, 0.1) is 0 Å². The van der Waals surface area contributed by atoms with E-state index in [9.17, 15) is 8.42 Å². The number of hydrogen-bond acceptors (Lipinski definition) is 4. The topological polar surface area (TPSA) is 55.8 Å². The van der Waals surface area contributed by atoms with Gasteiger partial charge in [0.05, 0.1) is 25.3 Å². The molecule has 1 aliphatic rings. The van der Waals surface area contributed by atoms with Crippen LogP contribution in [0.2, 0.25) is 5.02 Å². The van der Waals surface area contributed by atoms with Crippen LogP contribution in [0.1, 0.15) is 0 Å². The van der Waals surface area contributed by atoms with E-state index in [1.807, 2.05) is 0 Å². The summed E-state index contributed by atoms with van der Waals surface area (Å²) in [5.41, 5.74) is 0. The monoisotopic (exact) mass is 291 g/mol. The molecule has 2 rings (SSSR count). The normalized spacial score (nSPS) is 17.7. The summed E-state index contributed by atoms with van der Waals surface area (Å²) in [6.45, 7) is 1.52. The average molecular weight is 292 g/mol. The Bertz CT molecular complexity index is 526. The predicted octanol–water partition coefficient (Wildman–Crippen LogP) is 1.37. The number of hydrogen-bond donors (Lipinski definition) is 0. The van der Waals surface area contributed by atoms with Gasteiger partial charge in [0.25, 0.3) is 0 Å². The maximum Gasteiger partial charge on any atom is 0.244 e. The average Bonchev–Trinajstić information content (AvgIpc) is 2.39. The molecule has 0 amide bonds. The number of morpholine rings is 1. The molecule has 0 unspecified atom stereocenters. The van der Waals surface area contributed by atoms with Crippen molar-refractivity contribution in [1.82, 2.24) is 4.31 Å². The van der Waals surface area contributed by atoms with Crippen LogP contribution in [0.4, 0.5) is 0 Å². The van der Waals surface area contributed by atoms with Crippen molar-refractivity contribution in [2.45, 2.75) is 4.90 Å². The van der Waals surface area contributed by atoms with Gasteiger partial charge in [-0.05, 0) is 12.1 Å². The highest BCUT2D eigenvalue weighted by Gasteiger charge is 2.28. The highest BCUT2D eigenvalue weighted by atomic mass is 35.5. The lowest BCUT2D eigenvalue weighted by molar-refractivity contribution is 0.0730. The van der Waals surface area contributed by atoms with Crippen molar-refractivity contribution in [1.29, 1.82) is 0 Å². The van der Waals surface area contributed by atoms with Gasteiger partial charge in [-0.3, -0.25) is 0 Å². The molecule has 0 aromatic heterocycles. The summed E-state index contributed by atoms with van der Waals surface area (Å²) in [6.07, 6.45) is 0. The first-order valence-electron chi connectivity index (χ1n) is 5.47. The van der Waals surface area contributed by atoms with Gasteiger partial charge in [0.2, 0.25) is 10.0 Å². The Kier molecular flexibility index (Phi) is 4.11. The molecule has 0 saturated carbocycles. The molecule has 18 heavy (non-hydrogen) atoms. The molecule has 100 valence electrons. The summed E-state index contributed by atoms with van der Waals surface area (Å²) in [5.74, 6) is 0.529. The van der Waals surface area contributed by atoms with Gasteiger partial charge in [-0.15, -0.1) is 0 Å². The quantitative estimate of drug-likeness (QED) is 0.844. The maximum atomic E-state index is 12.4. The zero-order valence-corrected chi connectivity index (χ0v) is 11.5. The fourth-order valence-corrected chi connectivity index (χ4v) is 3.66. The third-order valence-corrected chi connectivity index (χ3v) is 5.11. The summed E-state index contributed by atoms with van der Waals surface area (Å²) in [5, 5.41) is 0.167. The second-order valence-corrected chi connectivity index (χ2v) is 6.13. The molecule has 0 atom stereocenters. The number of benzene rings is 1. The predicted molar refractivity (Wildman–Crippen MR) is 67.6 cm³/mol. The van der Waals surface area contributed by atoms with Crippen molar-refractivity contribution in [3.05, 3.63) is 23.2 Å². The second-order valence-electron chi connectivity index (χ2n) is 3.81. The first kappa shape index (κ1) is 13.6. The molecule has 1 saturated heterocycles. The summed E-state index contributed by atoms with van der Waals surface area (Å²) >= 11 is 5.99. The van der Waals surface area contributed by atoms with Gasteiger partial charge in [-0.2, -0.15) is 4.31 Å². The Morgan fingerprint density at radius 1 is 1.33 bits per heavy atom. The van der Waals surface area contributed by atoms with E-state index in [1.54, 1.807) is 6.07 Å².